The Balaban J connectivity index is 1.49. The Morgan fingerprint density at radius 2 is 1.74 bits per heavy atom. The number of anilines is 1. The van der Waals surface area contributed by atoms with Gasteiger partial charge in [-0.25, -0.2) is 0 Å². The Bertz CT molecular complexity index is 1040. The van der Waals surface area contributed by atoms with Gasteiger partial charge in [0.2, 0.25) is 5.91 Å². The molecule has 0 aromatic heterocycles. The fraction of sp³-hybridized carbons (Fsp3) is 0.217. The summed E-state index contributed by atoms with van der Waals surface area (Å²) in [6, 6.07) is 19.4. The van der Waals surface area contributed by atoms with E-state index in [0.717, 1.165) is 22.0 Å². The SMILES string of the molecule is Cc1ccc(N2C[C@H](C(=O)Oc3ccc4ccccc4c3)CC2=O)cc1C. The Morgan fingerprint density at radius 3 is 2.52 bits per heavy atom. The van der Waals surface area contributed by atoms with Crippen LogP contribution < -0.4 is 9.64 Å². The number of carbonyl (C=O) groups excluding carboxylic acids is 2. The summed E-state index contributed by atoms with van der Waals surface area (Å²) >= 11 is 0. The maximum absolute atomic E-state index is 12.6. The number of benzene rings is 3. The second-order valence-corrected chi connectivity index (χ2v) is 7.10. The van der Waals surface area contributed by atoms with E-state index in [9.17, 15) is 9.59 Å². The van der Waals surface area contributed by atoms with E-state index in [-0.39, 0.29) is 18.3 Å². The second-order valence-electron chi connectivity index (χ2n) is 7.10. The maximum atomic E-state index is 12.6. The van der Waals surface area contributed by atoms with Crippen LogP contribution in [0.15, 0.2) is 60.7 Å². The van der Waals surface area contributed by atoms with Crippen molar-refractivity contribution in [2.75, 3.05) is 11.4 Å². The number of hydrogen-bond donors (Lipinski definition) is 0. The first-order valence-corrected chi connectivity index (χ1v) is 9.09. The molecule has 3 aromatic rings. The molecular weight excluding hydrogens is 338 g/mol. The fourth-order valence-corrected chi connectivity index (χ4v) is 3.44. The van der Waals surface area contributed by atoms with E-state index in [4.69, 9.17) is 4.74 Å². The molecule has 4 nitrogen and oxygen atoms in total. The van der Waals surface area contributed by atoms with Gasteiger partial charge in [-0.15, -0.1) is 0 Å². The minimum absolute atomic E-state index is 0.0429. The van der Waals surface area contributed by atoms with Crippen molar-refractivity contribution in [2.24, 2.45) is 5.92 Å². The molecule has 0 radical (unpaired) electrons. The number of carbonyl (C=O) groups is 2. The van der Waals surface area contributed by atoms with Gasteiger partial charge < -0.3 is 9.64 Å². The first kappa shape index (κ1) is 17.3. The molecule has 4 heteroatoms. The van der Waals surface area contributed by atoms with Crippen LogP contribution in [0.4, 0.5) is 5.69 Å². The van der Waals surface area contributed by atoms with Crippen molar-refractivity contribution in [3.8, 4) is 5.75 Å². The standard InChI is InChI=1S/C23H21NO3/c1-15-7-9-20(11-16(15)2)24-14-19(13-22(24)25)23(26)27-21-10-8-17-5-3-4-6-18(17)12-21/h3-12,19H,13-14H2,1-2H3/t19-/m1/s1. The average molecular weight is 359 g/mol. The van der Waals surface area contributed by atoms with Gasteiger partial charge in [-0.1, -0.05) is 36.4 Å². The van der Waals surface area contributed by atoms with E-state index < -0.39 is 5.92 Å². The number of esters is 1. The van der Waals surface area contributed by atoms with Gasteiger partial charge in [-0.2, -0.15) is 0 Å². The highest BCUT2D eigenvalue weighted by Gasteiger charge is 2.36. The minimum atomic E-state index is -0.453. The van der Waals surface area contributed by atoms with Gasteiger partial charge in [-0.05, 0) is 60.0 Å². The van der Waals surface area contributed by atoms with E-state index in [2.05, 4.69) is 0 Å². The molecule has 0 spiro atoms. The van der Waals surface area contributed by atoms with Crippen LogP contribution in [-0.4, -0.2) is 18.4 Å². The topological polar surface area (TPSA) is 46.6 Å². The maximum Gasteiger partial charge on any atom is 0.316 e. The zero-order valence-corrected chi connectivity index (χ0v) is 15.4. The third-order valence-electron chi connectivity index (χ3n) is 5.20. The summed E-state index contributed by atoms with van der Waals surface area (Å²) in [5, 5.41) is 2.11. The second kappa shape index (κ2) is 6.88. The predicted molar refractivity (Wildman–Crippen MR) is 106 cm³/mol. The molecule has 1 heterocycles. The Labute approximate surface area is 158 Å². The summed E-state index contributed by atoms with van der Waals surface area (Å²) in [7, 11) is 0. The van der Waals surface area contributed by atoms with Crippen LogP contribution in [0, 0.1) is 19.8 Å². The van der Waals surface area contributed by atoms with Crippen molar-refractivity contribution in [1.29, 1.82) is 0 Å². The molecule has 1 saturated heterocycles. The molecule has 3 aromatic carbocycles. The number of ether oxygens (including phenoxy) is 1. The zero-order valence-electron chi connectivity index (χ0n) is 15.4. The van der Waals surface area contributed by atoms with Crippen molar-refractivity contribution in [3.63, 3.8) is 0 Å². The van der Waals surface area contributed by atoms with Gasteiger partial charge in [0.05, 0.1) is 5.92 Å². The Morgan fingerprint density at radius 1 is 0.963 bits per heavy atom. The van der Waals surface area contributed by atoms with E-state index in [1.165, 1.54) is 5.56 Å². The van der Waals surface area contributed by atoms with Crippen LogP contribution in [-0.2, 0) is 9.59 Å². The van der Waals surface area contributed by atoms with Crippen molar-refractivity contribution in [1.82, 2.24) is 0 Å². The highest BCUT2D eigenvalue weighted by molar-refractivity contribution is 6.00. The lowest BCUT2D eigenvalue weighted by atomic mass is 10.1. The fourth-order valence-electron chi connectivity index (χ4n) is 3.44. The Hall–Kier alpha value is -3.14. The van der Waals surface area contributed by atoms with Crippen LogP contribution >= 0.6 is 0 Å². The quantitative estimate of drug-likeness (QED) is 0.514. The van der Waals surface area contributed by atoms with Crippen molar-refractivity contribution < 1.29 is 14.3 Å². The summed E-state index contributed by atoms with van der Waals surface area (Å²) in [5.41, 5.74) is 3.14. The molecule has 0 N–H and O–H groups in total. The van der Waals surface area contributed by atoms with Crippen LogP contribution in [0.3, 0.4) is 0 Å². The molecular formula is C23H21NO3. The molecule has 1 aliphatic rings. The third kappa shape index (κ3) is 3.43. The molecule has 0 bridgehead atoms. The van der Waals surface area contributed by atoms with Crippen LogP contribution in [0.25, 0.3) is 10.8 Å². The molecule has 0 aliphatic carbocycles. The lowest BCUT2D eigenvalue weighted by molar-refractivity contribution is -0.139. The third-order valence-corrected chi connectivity index (χ3v) is 5.20. The number of hydrogen-bond acceptors (Lipinski definition) is 3. The van der Waals surface area contributed by atoms with Gasteiger partial charge >= 0.3 is 5.97 Å². The number of fused-ring (bicyclic) bond motifs is 1. The van der Waals surface area contributed by atoms with Gasteiger partial charge in [0.15, 0.2) is 0 Å². The predicted octanol–water partition coefficient (Wildman–Crippen LogP) is 4.42. The highest BCUT2D eigenvalue weighted by atomic mass is 16.5. The number of amides is 1. The number of rotatable bonds is 3. The van der Waals surface area contributed by atoms with Crippen molar-refractivity contribution in [3.05, 3.63) is 71.8 Å². The molecule has 0 unspecified atom stereocenters. The molecule has 1 atom stereocenters. The smallest absolute Gasteiger partial charge is 0.316 e. The summed E-state index contributed by atoms with van der Waals surface area (Å²) in [6.45, 7) is 4.41. The lowest BCUT2D eigenvalue weighted by Gasteiger charge is -2.17. The summed E-state index contributed by atoms with van der Waals surface area (Å²) in [5.74, 6) is -0.343. The first-order valence-electron chi connectivity index (χ1n) is 9.09. The number of aryl methyl sites for hydroxylation is 2. The molecule has 1 fully saturated rings. The molecule has 136 valence electrons. The van der Waals surface area contributed by atoms with E-state index >= 15 is 0 Å². The van der Waals surface area contributed by atoms with Gasteiger partial charge in [-0.3, -0.25) is 9.59 Å². The molecule has 4 rings (SSSR count). The van der Waals surface area contributed by atoms with E-state index in [0.29, 0.717) is 12.3 Å². The zero-order chi connectivity index (χ0) is 19.0. The van der Waals surface area contributed by atoms with Crippen molar-refractivity contribution >= 4 is 28.3 Å². The molecule has 27 heavy (non-hydrogen) atoms. The van der Waals surface area contributed by atoms with E-state index in [1.54, 1.807) is 11.0 Å². The molecule has 1 amide bonds. The minimum Gasteiger partial charge on any atom is -0.426 e. The van der Waals surface area contributed by atoms with Gasteiger partial charge in [0.25, 0.3) is 0 Å². The van der Waals surface area contributed by atoms with Crippen molar-refractivity contribution in [2.45, 2.75) is 20.3 Å². The van der Waals surface area contributed by atoms with Crippen LogP contribution in [0.2, 0.25) is 0 Å². The van der Waals surface area contributed by atoms with Crippen LogP contribution in [0.5, 0.6) is 5.75 Å². The Kier molecular flexibility index (Phi) is 4.40. The highest BCUT2D eigenvalue weighted by Crippen LogP contribution is 2.28. The largest absolute Gasteiger partial charge is 0.426 e. The summed E-state index contributed by atoms with van der Waals surface area (Å²) in [6.07, 6.45) is 0.180. The lowest BCUT2D eigenvalue weighted by Crippen LogP contribution is -2.27. The summed E-state index contributed by atoms with van der Waals surface area (Å²) in [4.78, 5) is 26.7. The molecule has 0 saturated carbocycles. The van der Waals surface area contributed by atoms with Gasteiger partial charge in [0, 0.05) is 18.7 Å². The molecule has 1 aliphatic heterocycles. The summed E-state index contributed by atoms with van der Waals surface area (Å²) < 4.78 is 5.56. The average Bonchev–Trinajstić information content (AvgIpc) is 3.06. The number of nitrogens with zero attached hydrogens (tertiary/aromatic N) is 1. The first-order chi connectivity index (χ1) is 13.0. The van der Waals surface area contributed by atoms with Gasteiger partial charge in [0.1, 0.15) is 5.75 Å². The van der Waals surface area contributed by atoms with E-state index in [1.807, 2.05) is 68.4 Å². The normalized spacial score (nSPS) is 16.7. The van der Waals surface area contributed by atoms with Crippen LogP contribution in [0.1, 0.15) is 17.5 Å². The monoisotopic (exact) mass is 359 g/mol.